The first-order valence-electron chi connectivity index (χ1n) is 4.03. The van der Waals surface area contributed by atoms with Gasteiger partial charge < -0.3 is 5.73 Å². The van der Waals surface area contributed by atoms with Crippen LogP contribution in [0.1, 0.15) is 25.7 Å². The van der Waals surface area contributed by atoms with Crippen LogP contribution in [-0.4, -0.2) is 6.54 Å². The lowest BCUT2D eigenvalue weighted by molar-refractivity contribution is 0.318. The van der Waals surface area contributed by atoms with Gasteiger partial charge in [-0.25, -0.2) is 0 Å². The molecule has 0 aromatic carbocycles. The van der Waals surface area contributed by atoms with Crippen molar-refractivity contribution in [3.63, 3.8) is 0 Å². The molecular weight excluding hydrogens is 122 g/mol. The molecule has 0 spiro atoms. The number of hydrogen-bond acceptors (Lipinski definition) is 1. The van der Waals surface area contributed by atoms with E-state index in [1.165, 1.54) is 19.3 Å². The predicted octanol–water partition coefficient (Wildman–Crippen LogP) is 1.38. The van der Waals surface area contributed by atoms with Crippen molar-refractivity contribution in [2.45, 2.75) is 25.7 Å². The summed E-state index contributed by atoms with van der Waals surface area (Å²) in [6.07, 6.45) is 10.3. The van der Waals surface area contributed by atoms with Crippen LogP contribution in [0.25, 0.3) is 0 Å². The third-order valence-electron chi connectivity index (χ3n) is 2.35. The summed E-state index contributed by atoms with van der Waals surface area (Å²) in [4.78, 5) is 0. The van der Waals surface area contributed by atoms with E-state index in [0.717, 1.165) is 13.0 Å². The Hall–Kier alpha value is -0.480. The molecule has 0 unspecified atom stereocenters. The van der Waals surface area contributed by atoms with Crippen LogP contribution in [0.2, 0.25) is 0 Å². The molecule has 0 amide bonds. The topological polar surface area (TPSA) is 26.0 Å². The summed E-state index contributed by atoms with van der Waals surface area (Å²) in [5.74, 6) is 4.03. The van der Waals surface area contributed by atoms with Gasteiger partial charge in [0.2, 0.25) is 0 Å². The van der Waals surface area contributed by atoms with Crippen LogP contribution in [0.5, 0.6) is 0 Å². The molecule has 56 valence electrons. The highest BCUT2D eigenvalue weighted by molar-refractivity contribution is 4.95. The van der Waals surface area contributed by atoms with E-state index < -0.39 is 0 Å². The highest BCUT2D eigenvalue weighted by Crippen LogP contribution is 2.27. The van der Waals surface area contributed by atoms with Gasteiger partial charge in [-0.2, -0.15) is 0 Å². The molecule has 0 saturated heterocycles. The Morgan fingerprint density at radius 2 is 2.30 bits per heavy atom. The molecule has 1 saturated carbocycles. The number of nitrogens with two attached hydrogens (primary N) is 1. The van der Waals surface area contributed by atoms with Crippen LogP contribution in [-0.2, 0) is 0 Å². The molecule has 0 radical (unpaired) electrons. The van der Waals surface area contributed by atoms with Crippen molar-refractivity contribution in [3.05, 3.63) is 0 Å². The SMILES string of the molecule is C#C[C@H]1CCC[C@@H](CN)C1. The Balaban J connectivity index is 2.33. The zero-order valence-electron chi connectivity index (χ0n) is 6.34. The van der Waals surface area contributed by atoms with Crippen molar-refractivity contribution in [1.82, 2.24) is 0 Å². The highest BCUT2D eigenvalue weighted by Gasteiger charge is 2.18. The second kappa shape index (κ2) is 3.63. The minimum atomic E-state index is 0.516. The van der Waals surface area contributed by atoms with Gasteiger partial charge in [-0.3, -0.25) is 0 Å². The molecule has 0 aliphatic heterocycles. The summed E-state index contributed by atoms with van der Waals surface area (Å²) in [7, 11) is 0. The lowest BCUT2D eigenvalue weighted by atomic mass is 9.82. The number of rotatable bonds is 1. The van der Waals surface area contributed by atoms with E-state index in [1.54, 1.807) is 0 Å². The summed E-state index contributed by atoms with van der Waals surface area (Å²) in [6.45, 7) is 0.818. The Morgan fingerprint density at radius 1 is 1.50 bits per heavy atom. The van der Waals surface area contributed by atoms with Crippen molar-refractivity contribution in [2.75, 3.05) is 6.54 Å². The van der Waals surface area contributed by atoms with E-state index in [-0.39, 0.29) is 0 Å². The van der Waals surface area contributed by atoms with Gasteiger partial charge in [0.1, 0.15) is 0 Å². The molecular formula is C9H15N. The van der Waals surface area contributed by atoms with Gasteiger partial charge in [0, 0.05) is 5.92 Å². The van der Waals surface area contributed by atoms with E-state index in [1.807, 2.05) is 0 Å². The molecule has 1 aliphatic rings. The maximum atomic E-state index is 5.55. The molecule has 10 heavy (non-hydrogen) atoms. The molecule has 2 N–H and O–H groups in total. The maximum Gasteiger partial charge on any atom is 0.0203 e. The fourth-order valence-electron chi connectivity index (χ4n) is 1.66. The van der Waals surface area contributed by atoms with Crippen LogP contribution < -0.4 is 5.73 Å². The molecule has 1 nitrogen and oxygen atoms in total. The van der Waals surface area contributed by atoms with Crippen LogP contribution in [0.4, 0.5) is 0 Å². The second-order valence-electron chi connectivity index (χ2n) is 3.13. The van der Waals surface area contributed by atoms with Crippen molar-refractivity contribution < 1.29 is 0 Å². The summed E-state index contributed by atoms with van der Waals surface area (Å²) in [5.41, 5.74) is 5.55. The van der Waals surface area contributed by atoms with Crippen molar-refractivity contribution in [2.24, 2.45) is 17.6 Å². The summed E-state index contributed by atoms with van der Waals surface area (Å²) in [6, 6.07) is 0. The molecule has 0 aromatic rings. The quantitative estimate of drug-likeness (QED) is 0.543. The van der Waals surface area contributed by atoms with Gasteiger partial charge >= 0.3 is 0 Å². The van der Waals surface area contributed by atoms with E-state index in [4.69, 9.17) is 12.2 Å². The van der Waals surface area contributed by atoms with Gasteiger partial charge in [0.15, 0.2) is 0 Å². The van der Waals surface area contributed by atoms with Crippen molar-refractivity contribution >= 4 is 0 Å². The molecule has 0 heterocycles. The van der Waals surface area contributed by atoms with Crippen LogP contribution in [0, 0.1) is 24.2 Å². The minimum Gasteiger partial charge on any atom is -0.330 e. The lowest BCUT2D eigenvalue weighted by Crippen LogP contribution is -2.21. The van der Waals surface area contributed by atoms with Crippen molar-refractivity contribution in [3.8, 4) is 12.3 Å². The van der Waals surface area contributed by atoms with E-state index in [0.29, 0.717) is 11.8 Å². The molecule has 0 aromatic heterocycles. The second-order valence-corrected chi connectivity index (χ2v) is 3.13. The van der Waals surface area contributed by atoms with E-state index in [2.05, 4.69) is 5.92 Å². The summed E-state index contributed by atoms with van der Waals surface area (Å²) in [5, 5.41) is 0. The average molecular weight is 137 g/mol. The van der Waals surface area contributed by atoms with Crippen LogP contribution >= 0.6 is 0 Å². The number of terminal acetylenes is 1. The Morgan fingerprint density at radius 3 is 2.90 bits per heavy atom. The first kappa shape index (κ1) is 7.63. The summed E-state index contributed by atoms with van der Waals surface area (Å²) < 4.78 is 0. The first-order chi connectivity index (χ1) is 4.86. The molecule has 2 atom stereocenters. The third-order valence-corrected chi connectivity index (χ3v) is 2.35. The average Bonchev–Trinajstić information content (AvgIpc) is 2.05. The fraction of sp³-hybridized carbons (Fsp3) is 0.778. The highest BCUT2D eigenvalue weighted by atomic mass is 14.5. The minimum absolute atomic E-state index is 0.516. The normalized spacial score (nSPS) is 33.2. The Kier molecular flexibility index (Phi) is 2.77. The molecule has 0 bridgehead atoms. The monoisotopic (exact) mass is 137 g/mol. The molecule has 1 fully saturated rings. The molecule has 1 heteroatoms. The van der Waals surface area contributed by atoms with Gasteiger partial charge in [-0.15, -0.1) is 12.3 Å². The third kappa shape index (κ3) is 1.75. The zero-order chi connectivity index (χ0) is 7.40. The summed E-state index contributed by atoms with van der Waals surface area (Å²) >= 11 is 0. The maximum absolute atomic E-state index is 5.55. The first-order valence-corrected chi connectivity index (χ1v) is 4.03. The fourth-order valence-corrected chi connectivity index (χ4v) is 1.66. The Bertz CT molecular complexity index is 134. The molecule has 1 rings (SSSR count). The van der Waals surface area contributed by atoms with E-state index >= 15 is 0 Å². The largest absolute Gasteiger partial charge is 0.330 e. The van der Waals surface area contributed by atoms with Crippen LogP contribution in [0.15, 0.2) is 0 Å². The standard InChI is InChI=1S/C9H15N/c1-2-8-4-3-5-9(6-8)7-10/h1,8-9H,3-7,10H2/t8-,9+/m0/s1. The smallest absolute Gasteiger partial charge is 0.0203 e. The van der Waals surface area contributed by atoms with Gasteiger partial charge in [0.05, 0.1) is 0 Å². The van der Waals surface area contributed by atoms with Crippen LogP contribution in [0.3, 0.4) is 0 Å². The Labute approximate surface area is 63.0 Å². The van der Waals surface area contributed by atoms with Gasteiger partial charge in [0.25, 0.3) is 0 Å². The van der Waals surface area contributed by atoms with E-state index in [9.17, 15) is 0 Å². The van der Waals surface area contributed by atoms with Gasteiger partial charge in [-0.05, 0) is 31.7 Å². The predicted molar refractivity (Wildman–Crippen MR) is 43.3 cm³/mol. The molecule has 1 aliphatic carbocycles. The van der Waals surface area contributed by atoms with Gasteiger partial charge in [-0.1, -0.05) is 6.42 Å². The number of hydrogen-bond donors (Lipinski definition) is 1. The zero-order valence-corrected chi connectivity index (χ0v) is 6.34. The lowest BCUT2D eigenvalue weighted by Gasteiger charge is -2.24. The van der Waals surface area contributed by atoms with Crippen molar-refractivity contribution in [1.29, 1.82) is 0 Å².